The quantitative estimate of drug-likeness (QED) is 0.256. The summed E-state index contributed by atoms with van der Waals surface area (Å²) in [6, 6.07) is 0.488. The fourth-order valence-electron chi connectivity index (χ4n) is 5.70. The molecule has 0 bridgehead atoms. The van der Waals surface area contributed by atoms with Gasteiger partial charge in [-0.05, 0) is 73.3 Å². The zero-order chi connectivity index (χ0) is 27.5. The molecule has 37 heavy (non-hydrogen) atoms. The minimum Gasteiger partial charge on any atom is -0.341 e. The maximum atomic E-state index is 5.11. The lowest BCUT2D eigenvalue weighted by molar-refractivity contribution is 0.0762. The van der Waals surface area contributed by atoms with Crippen molar-refractivity contribution in [1.82, 2.24) is 25.2 Å². The van der Waals surface area contributed by atoms with Gasteiger partial charge in [0, 0.05) is 43.3 Å². The first-order valence-electron chi connectivity index (χ1n) is 15.3. The van der Waals surface area contributed by atoms with Gasteiger partial charge in [-0.3, -0.25) is 4.90 Å². The molecule has 2 rings (SSSR count). The second-order valence-corrected chi connectivity index (χ2v) is 12.6. The molecule has 1 saturated heterocycles. The Labute approximate surface area is 229 Å². The van der Waals surface area contributed by atoms with E-state index in [9.17, 15) is 0 Å². The van der Waals surface area contributed by atoms with Crippen molar-refractivity contribution in [3.05, 3.63) is 5.82 Å². The van der Waals surface area contributed by atoms with E-state index in [0.29, 0.717) is 6.04 Å². The van der Waals surface area contributed by atoms with Crippen molar-refractivity contribution in [2.75, 3.05) is 43.0 Å². The Bertz CT molecular complexity index is 709. The molecule has 1 aromatic heterocycles. The van der Waals surface area contributed by atoms with Crippen LogP contribution in [0.5, 0.6) is 0 Å². The highest BCUT2D eigenvalue weighted by Crippen LogP contribution is 2.31. The third-order valence-electron chi connectivity index (χ3n) is 7.53. The molecule has 0 spiro atoms. The van der Waals surface area contributed by atoms with E-state index in [0.717, 1.165) is 89.0 Å². The highest BCUT2D eigenvalue weighted by Gasteiger charge is 2.39. The van der Waals surface area contributed by atoms with Crippen LogP contribution in [0, 0.1) is 0 Å². The summed E-state index contributed by atoms with van der Waals surface area (Å²) in [5.74, 6) is 2.66. The predicted octanol–water partition coefficient (Wildman–Crippen LogP) is 6.43. The molecule has 1 aliphatic rings. The van der Waals surface area contributed by atoms with Gasteiger partial charge in [0.05, 0.1) is 6.54 Å². The minimum atomic E-state index is 0.115. The normalized spacial score (nSPS) is 17.4. The SMILES string of the molecule is CCCCN(CCCC)c1nc(CN(C)C2CC(C)(C)NC(C)(C)C2)nc(N(CCCC)CCCC)n1. The highest BCUT2D eigenvalue weighted by molar-refractivity contribution is 5.39. The van der Waals surface area contributed by atoms with E-state index in [-0.39, 0.29) is 11.1 Å². The molecule has 1 aromatic rings. The summed E-state index contributed by atoms with van der Waals surface area (Å²) in [6.07, 6.45) is 11.6. The molecule has 0 aliphatic carbocycles. The number of nitrogens with one attached hydrogen (secondary N) is 1. The largest absolute Gasteiger partial charge is 0.341 e. The van der Waals surface area contributed by atoms with E-state index < -0.39 is 0 Å². The number of nitrogens with zero attached hydrogens (tertiary/aromatic N) is 6. The standard InChI is InChI=1S/C30H59N7/c1-10-14-18-36(19-15-11-2)27-31-26(32-28(33-27)37(20-16-12-3)21-17-13-4)24-35(9)25-22-29(5,6)34-30(7,8)23-25/h25,34H,10-24H2,1-9H3. The van der Waals surface area contributed by atoms with Crippen molar-refractivity contribution in [1.29, 1.82) is 0 Å². The molecule has 0 unspecified atom stereocenters. The minimum absolute atomic E-state index is 0.115. The van der Waals surface area contributed by atoms with Crippen LogP contribution in [0.3, 0.4) is 0 Å². The third-order valence-corrected chi connectivity index (χ3v) is 7.53. The van der Waals surface area contributed by atoms with Crippen LogP contribution < -0.4 is 15.1 Å². The Hall–Kier alpha value is -1.47. The lowest BCUT2D eigenvalue weighted by Crippen LogP contribution is -2.61. The van der Waals surface area contributed by atoms with Gasteiger partial charge in [-0.1, -0.05) is 53.4 Å². The van der Waals surface area contributed by atoms with Crippen LogP contribution in [-0.2, 0) is 6.54 Å². The molecule has 0 aromatic carbocycles. The Morgan fingerprint density at radius 2 is 1.05 bits per heavy atom. The molecule has 0 atom stereocenters. The summed E-state index contributed by atoms with van der Waals surface area (Å²) >= 11 is 0. The molecular weight excluding hydrogens is 458 g/mol. The molecule has 0 saturated carbocycles. The van der Waals surface area contributed by atoms with E-state index in [4.69, 9.17) is 15.0 Å². The number of piperidine rings is 1. The number of aromatic nitrogens is 3. The number of hydrogen-bond acceptors (Lipinski definition) is 7. The number of anilines is 2. The van der Waals surface area contributed by atoms with E-state index in [1.165, 1.54) is 25.7 Å². The number of unbranched alkanes of at least 4 members (excludes halogenated alkanes) is 4. The van der Waals surface area contributed by atoms with Crippen molar-refractivity contribution in [3.8, 4) is 0 Å². The first-order valence-corrected chi connectivity index (χ1v) is 15.3. The third kappa shape index (κ3) is 10.7. The predicted molar refractivity (Wildman–Crippen MR) is 160 cm³/mol. The molecule has 0 radical (unpaired) electrons. The van der Waals surface area contributed by atoms with E-state index >= 15 is 0 Å². The van der Waals surface area contributed by atoms with Crippen LogP contribution >= 0.6 is 0 Å². The second kappa shape index (κ2) is 15.2. The van der Waals surface area contributed by atoms with Gasteiger partial charge in [0.25, 0.3) is 0 Å². The molecule has 214 valence electrons. The maximum Gasteiger partial charge on any atom is 0.230 e. The highest BCUT2D eigenvalue weighted by atomic mass is 15.3. The molecular formula is C30H59N7. The van der Waals surface area contributed by atoms with Gasteiger partial charge in [0.2, 0.25) is 11.9 Å². The summed E-state index contributed by atoms with van der Waals surface area (Å²) in [4.78, 5) is 22.6. The van der Waals surface area contributed by atoms with E-state index in [2.05, 4.69) is 82.5 Å². The fourth-order valence-corrected chi connectivity index (χ4v) is 5.70. The Balaban J connectivity index is 2.41. The zero-order valence-corrected chi connectivity index (χ0v) is 25.9. The van der Waals surface area contributed by atoms with Crippen molar-refractivity contribution < 1.29 is 0 Å². The van der Waals surface area contributed by atoms with Gasteiger partial charge in [-0.2, -0.15) is 15.0 Å². The molecule has 1 aliphatic heterocycles. The topological polar surface area (TPSA) is 60.4 Å². The van der Waals surface area contributed by atoms with Crippen LogP contribution in [0.2, 0.25) is 0 Å². The van der Waals surface area contributed by atoms with Crippen LogP contribution in [-0.4, -0.2) is 70.2 Å². The van der Waals surface area contributed by atoms with Crippen molar-refractivity contribution in [2.24, 2.45) is 0 Å². The first kappa shape index (κ1) is 31.7. The molecule has 1 N–H and O–H groups in total. The van der Waals surface area contributed by atoms with Gasteiger partial charge in [-0.25, -0.2) is 0 Å². The molecule has 2 heterocycles. The lowest BCUT2D eigenvalue weighted by atomic mass is 9.79. The summed E-state index contributed by atoms with van der Waals surface area (Å²) in [7, 11) is 2.25. The average molecular weight is 518 g/mol. The summed E-state index contributed by atoms with van der Waals surface area (Å²) < 4.78 is 0. The van der Waals surface area contributed by atoms with Crippen molar-refractivity contribution in [2.45, 2.75) is 143 Å². The fraction of sp³-hybridized carbons (Fsp3) is 0.900. The maximum absolute atomic E-state index is 5.11. The Kier molecular flexibility index (Phi) is 13.0. The van der Waals surface area contributed by atoms with Gasteiger partial charge in [-0.15, -0.1) is 0 Å². The van der Waals surface area contributed by atoms with Crippen molar-refractivity contribution >= 4 is 11.9 Å². The van der Waals surface area contributed by atoms with Gasteiger partial charge >= 0.3 is 0 Å². The smallest absolute Gasteiger partial charge is 0.230 e. The second-order valence-electron chi connectivity index (χ2n) is 12.6. The average Bonchev–Trinajstić information content (AvgIpc) is 2.82. The van der Waals surface area contributed by atoms with Crippen LogP contribution in [0.15, 0.2) is 0 Å². The number of hydrogen-bond donors (Lipinski definition) is 1. The summed E-state index contributed by atoms with van der Waals surface area (Å²) in [5.41, 5.74) is 0.231. The Morgan fingerprint density at radius 1 is 0.676 bits per heavy atom. The lowest BCUT2D eigenvalue weighted by Gasteiger charge is -2.49. The summed E-state index contributed by atoms with van der Waals surface area (Å²) in [6.45, 7) is 23.1. The molecule has 7 nitrogen and oxygen atoms in total. The molecule has 7 heteroatoms. The first-order chi connectivity index (χ1) is 17.5. The molecule has 1 fully saturated rings. The van der Waals surface area contributed by atoms with Crippen LogP contribution in [0.1, 0.15) is 125 Å². The number of rotatable bonds is 17. The summed E-state index contributed by atoms with van der Waals surface area (Å²) in [5, 5.41) is 3.83. The van der Waals surface area contributed by atoms with E-state index in [1.54, 1.807) is 0 Å². The Morgan fingerprint density at radius 3 is 1.41 bits per heavy atom. The monoisotopic (exact) mass is 517 g/mol. The zero-order valence-electron chi connectivity index (χ0n) is 25.9. The molecule has 0 amide bonds. The van der Waals surface area contributed by atoms with Crippen LogP contribution in [0.4, 0.5) is 11.9 Å². The van der Waals surface area contributed by atoms with Crippen LogP contribution in [0.25, 0.3) is 0 Å². The van der Waals surface area contributed by atoms with Gasteiger partial charge in [0.1, 0.15) is 5.82 Å². The van der Waals surface area contributed by atoms with Crippen molar-refractivity contribution in [3.63, 3.8) is 0 Å². The van der Waals surface area contributed by atoms with Gasteiger partial charge in [0.15, 0.2) is 0 Å². The van der Waals surface area contributed by atoms with E-state index in [1.807, 2.05) is 0 Å². The van der Waals surface area contributed by atoms with Gasteiger partial charge < -0.3 is 15.1 Å².